The number of benzene rings is 2. The van der Waals surface area contributed by atoms with Crippen LogP contribution in [0.4, 0.5) is 5.69 Å². The highest BCUT2D eigenvalue weighted by atomic mass is 32.2. The summed E-state index contributed by atoms with van der Waals surface area (Å²) in [6.45, 7) is 11.6. The molecule has 1 heterocycles. The first kappa shape index (κ1) is 24.5. The Morgan fingerprint density at radius 3 is 2.36 bits per heavy atom. The number of nitriles is 1. The van der Waals surface area contributed by atoms with E-state index < -0.39 is 0 Å². The van der Waals surface area contributed by atoms with Crippen LogP contribution in [0.5, 0.6) is 0 Å². The number of hydrogen-bond donors (Lipinski definition) is 0. The fraction of sp³-hybridized carbons (Fsp3) is 0.385. The quantitative estimate of drug-likeness (QED) is 0.403. The van der Waals surface area contributed by atoms with Crippen LogP contribution in [0, 0.1) is 11.3 Å². The van der Waals surface area contributed by atoms with E-state index in [4.69, 9.17) is 5.26 Å². The molecule has 2 aromatic carbocycles. The third-order valence-electron chi connectivity index (χ3n) is 5.45. The second-order valence-electron chi connectivity index (χ2n) is 8.87. The SMILES string of the molecule is CCn1c(SC(C)C(=O)N(CCC#N)c2ccccc2)nnc1-c1ccc(C(C)(C)C)cc1. The predicted octanol–water partition coefficient (Wildman–Crippen LogP) is 5.69. The van der Waals surface area contributed by atoms with Crippen LogP contribution in [-0.2, 0) is 16.8 Å². The average molecular weight is 462 g/mol. The van der Waals surface area contributed by atoms with Gasteiger partial charge in [0.05, 0.1) is 17.7 Å². The summed E-state index contributed by atoms with van der Waals surface area (Å²) in [6, 6.07) is 20.0. The highest BCUT2D eigenvalue weighted by Gasteiger charge is 2.25. The number of para-hydroxylation sites is 1. The first-order valence-electron chi connectivity index (χ1n) is 11.2. The van der Waals surface area contributed by atoms with E-state index in [1.165, 1.54) is 17.3 Å². The zero-order valence-corrected chi connectivity index (χ0v) is 20.8. The Bertz CT molecular complexity index is 1110. The minimum atomic E-state index is -0.380. The second-order valence-corrected chi connectivity index (χ2v) is 10.2. The molecule has 0 spiro atoms. The first-order valence-corrected chi connectivity index (χ1v) is 12.1. The Morgan fingerprint density at radius 1 is 1.12 bits per heavy atom. The van der Waals surface area contributed by atoms with Gasteiger partial charge in [0, 0.05) is 24.3 Å². The molecule has 0 fully saturated rings. The summed E-state index contributed by atoms with van der Waals surface area (Å²) in [7, 11) is 0. The summed E-state index contributed by atoms with van der Waals surface area (Å²) < 4.78 is 2.04. The maximum atomic E-state index is 13.3. The first-order chi connectivity index (χ1) is 15.8. The third-order valence-corrected chi connectivity index (χ3v) is 6.52. The number of rotatable bonds is 8. The second kappa shape index (κ2) is 10.7. The van der Waals surface area contributed by atoms with Crippen molar-refractivity contribution in [3.8, 4) is 17.5 Å². The molecule has 172 valence electrons. The molecule has 0 aliphatic rings. The molecule has 33 heavy (non-hydrogen) atoms. The molecule has 1 atom stereocenters. The van der Waals surface area contributed by atoms with Crippen molar-refractivity contribution >= 4 is 23.4 Å². The Balaban J connectivity index is 1.82. The maximum absolute atomic E-state index is 13.3. The molecule has 0 aliphatic heterocycles. The van der Waals surface area contributed by atoms with Crippen molar-refractivity contribution in [2.24, 2.45) is 0 Å². The molecule has 1 unspecified atom stereocenters. The van der Waals surface area contributed by atoms with Gasteiger partial charge in [0.15, 0.2) is 11.0 Å². The van der Waals surface area contributed by atoms with Gasteiger partial charge in [-0.05, 0) is 37.0 Å². The van der Waals surface area contributed by atoms with Crippen LogP contribution in [0.1, 0.15) is 46.6 Å². The fourth-order valence-corrected chi connectivity index (χ4v) is 4.53. The summed E-state index contributed by atoms with van der Waals surface area (Å²) in [6.07, 6.45) is 0.276. The largest absolute Gasteiger partial charge is 0.310 e. The van der Waals surface area contributed by atoms with Crippen molar-refractivity contribution in [1.82, 2.24) is 14.8 Å². The maximum Gasteiger partial charge on any atom is 0.240 e. The molecule has 3 rings (SSSR count). The number of aromatic nitrogens is 3. The summed E-state index contributed by atoms with van der Waals surface area (Å²) in [5, 5.41) is 18.2. The van der Waals surface area contributed by atoms with Crippen LogP contribution in [0.3, 0.4) is 0 Å². The van der Waals surface area contributed by atoms with E-state index in [1.54, 1.807) is 4.90 Å². The lowest BCUT2D eigenvalue weighted by Gasteiger charge is -2.24. The molecule has 7 heteroatoms. The number of anilines is 1. The molecule has 0 bridgehead atoms. The molecule has 1 aromatic heterocycles. The van der Waals surface area contributed by atoms with Crippen LogP contribution in [0.15, 0.2) is 59.8 Å². The number of hydrogen-bond acceptors (Lipinski definition) is 5. The van der Waals surface area contributed by atoms with Gasteiger partial charge in [-0.2, -0.15) is 5.26 Å². The van der Waals surface area contributed by atoms with Crippen LogP contribution in [-0.4, -0.2) is 32.5 Å². The van der Waals surface area contributed by atoms with Gasteiger partial charge in [-0.15, -0.1) is 10.2 Å². The Hall–Kier alpha value is -3.11. The lowest BCUT2D eigenvalue weighted by molar-refractivity contribution is -0.117. The topological polar surface area (TPSA) is 74.8 Å². The third kappa shape index (κ3) is 5.82. The molecule has 1 amide bonds. The van der Waals surface area contributed by atoms with E-state index in [2.05, 4.69) is 68.2 Å². The summed E-state index contributed by atoms with van der Waals surface area (Å²) in [4.78, 5) is 15.0. The zero-order chi connectivity index (χ0) is 24.0. The Labute approximate surface area is 200 Å². The summed E-state index contributed by atoms with van der Waals surface area (Å²) in [5.74, 6) is 0.743. The normalized spacial score (nSPS) is 12.2. The molecule has 0 N–H and O–H groups in total. The fourth-order valence-electron chi connectivity index (χ4n) is 3.56. The molecule has 6 nitrogen and oxygen atoms in total. The minimum Gasteiger partial charge on any atom is -0.310 e. The Kier molecular flexibility index (Phi) is 7.93. The van der Waals surface area contributed by atoms with Crippen molar-refractivity contribution in [3.05, 3.63) is 60.2 Å². The molecule has 0 radical (unpaired) electrons. The number of carbonyl (C=O) groups is 1. The van der Waals surface area contributed by atoms with Gasteiger partial charge in [0.2, 0.25) is 5.91 Å². The summed E-state index contributed by atoms with van der Waals surface area (Å²) in [5.41, 5.74) is 3.15. The molecular formula is C26H31N5OS. The molecule has 0 saturated heterocycles. The zero-order valence-electron chi connectivity index (χ0n) is 19.9. The van der Waals surface area contributed by atoms with E-state index in [-0.39, 0.29) is 23.0 Å². The van der Waals surface area contributed by atoms with Gasteiger partial charge in [0.25, 0.3) is 0 Å². The van der Waals surface area contributed by atoms with Crippen molar-refractivity contribution in [3.63, 3.8) is 0 Å². The van der Waals surface area contributed by atoms with Gasteiger partial charge in [-0.3, -0.25) is 4.79 Å². The van der Waals surface area contributed by atoms with Gasteiger partial charge < -0.3 is 9.47 Å². The minimum absolute atomic E-state index is 0.0526. The number of amides is 1. The molecule has 0 aliphatic carbocycles. The lowest BCUT2D eigenvalue weighted by Crippen LogP contribution is -2.37. The van der Waals surface area contributed by atoms with Crippen molar-refractivity contribution < 1.29 is 4.79 Å². The summed E-state index contributed by atoms with van der Waals surface area (Å²) >= 11 is 1.40. The van der Waals surface area contributed by atoms with E-state index in [0.717, 1.165) is 17.1 Å². The number of carbonyl (C=O) groups excluding carboxylic acids is 1. The monoisotopic (exact) mass is 461 g/mol. The molecule has 0 saturated carbocycles. The van der Waals surface area contributed by atoms with Crippen LogP contribution in [0.2, 0.25) is 0 Å². The van der Waals surface area contributed by atoms with Crippen molar-refractivity contribution in [2.75, 3.05) is 11.4 Å². The molecule has 3 aromatic rings. The van der Waals surface area contributed by atoms with E-state index in [1.807, 2.05) is 41.8 Å². The number of nitrogens with zero attached hydrogens (tertiary/aromatic N) is 5. The van der Waals surface area contributed by atoms with Crippen molar-refractivity contribution in [1.29, 1.82) is 5.26 Å². The van der Waals surface area contributed by atoms with Gasteiger partial charge in [0.1, 0.15) is 0 Å². The highest BCUT2D eigenvalue weighted by molar-refractivity contribution is 8.00. The lowest BCUT2D eigenvalue weighted by atomic mass is 9.87. The number of thioether (sulfide) groups is 1. The van der Waals surface area contributed by atoms with Gasteiger partial charge in [-0.1, -0.05) is 75.0 Å². The van der Waals surface area contributed by atoms with Crippen LogP contribution in [0.25, 0.3) is 11.4 Å². The van der Waals surface area contributed by atoms with E-state index in [9.17, 15) is 4.79 Å². The highest BCUT2D eigenvalue weighted by Crippen LogP contribution is 2.30. The van der Waals surface area contributed by atoms with Crippen molar-refractivity contribution in [2.45, 2.75) is 63.4 Å². The smallest absolute Gasteiger partial charge is 0.240 e. The van der Waals surface area contributed by atoms with Crippen LogP contribution < -0.4 is 4.90 Å². The Morgan fingerprint density at radius 2 is 1.79 bits per heavy atom. The van der Waals surface area contributed by atoms with E-state index in [0.29, 0.717) is 18.2 Å². The van der Waals surface area contributed by atoms with Gasteiger partial charge >= 0.3 is 0 Å². The average Bonchev–Trinajstić information content (AvgIpc) is 3.21. The van der Waals surface area contributed by atoms with Crippen LogP contribution >= 0.6 is 11.8 Å². The standard InChI is InChI=1S/C26H31N5OS/c1-6-30-23(20-13-15-21(16-14-20)26(3,4)5)28-29-25(30)33-19(2)24(32)31(18-10-17-27)22-11-8-7-9-12-22/h7-9,11-16,19H,6,10,18H2,1-5H3. The van der Waals surface area contributed by atoms with E-state index >= 15 is 0 Å². The van der Waals surface area contributed by atoms with Gasteiger partial charge in [-0.25, -0.2) is 0 Å². The predicted molar refractivity (Wildman–Crippen MR) is 134 cm³/mol. The molecular weight excluding hydrogens is 430 g/mol.